The SMILES string of the molecule is CCC(=O)C1(c2ccc(C)cc2)CC(=O)N([P+](c2ccccc2)(c2ccccc2)c2ccccc2)C1=O.[Br-]. The van der Waals surface area contributed by atoms with Gasteiger partial charge in [-0.1, -0.05) is 91.3 Å². The minimum absolute atomic E-state index is 0. The van der Waals surface area contributed by atoms with Crippen molar-refractivity contribution in [2.75, 3.05) is 0 Å². The highest BCUT2D eigenvalue weighted by Crippen LogP contribution is 2.62. The van der Waals surface area contributed by atoms with Crippen LogP contribution in [-0.4, -0.2) is 22.3 Å². The maximum absolute atomic E-state index is 14.8. The van der Waals surface area contributed by atoms with E-state index in [9.17, 15) is 14.4 Å². The van der Waals surface area contributed by atoms with Gasteiger partial charge in [0.1, 0.15) is 21.3 Å². The molecule has 1 fully saturated rings. The van der Waals surface area contributed by atoms with Crippen LogP contribution >= 0.6 is 7.41 Å². The van der Waals surface area contributed by atoms with Crippen molar-refractivity contribution in [2.45, 2.75) is 32.1 Å². The normalized spacial score (nSPS) is 17.3. The van der Waals surface area contributed by atoms with Gasteiger partial charge < -0.3 is 17.0 Å². The number of benzene rings is 4. The fourth-order valence-electron chi connectivity index (χ4n) is 5.44. The van der Waals surface area contributed by atoms with E-state index < -0.39 is 18.7 Å². The quantitative estimate of drug-likeness (QED) is 0.189. The second-order valence-electron chi connectivity index (χ2n) is 9.38. The first-order chi connectivity index (χ1) is 18.0. The van der Waals surface area contributed by atoms with Crippen LogP contribution in [0.1, 0.15) is 30.9 Å². The van der Waals surface area contributed by atoms with E-state index in [-0.39, 0.29) is 41.5 Å². The summed E-state index contributed by atoms with van der Waals surface area (Å²) in [5.74, 6) is -0.986. The van der Waals surface area contributed by atoms with Gasteiger partial charge in [-0.05, 0) is 48.9 Å². The van der Waals surface area contributed by atoms with E-state index in [1.165, 1.54) is 4.67 Å². The molecule has 2 amide bonds. The first kappa shape index (κ1) is 27.6. The topological polar surface area (TPSA) is 54.5 Å². The highest BCUT2D eigenvalue weighted by Gasteiger charge is 2.68. The summed E-state index contributed by atoms with van der Waals surface area (Å²) >= 11 is 0. The van der Waals surface area contributed by atoms with Crippen LogP contribution in [0.2, 0.25) is 0 Å². The molecule has 0 N–H and O–H groups in total. The average molecular weight is 586 g/mol. The molecule has 1 aliphatic rings. The van der Waals surface area contributed by atoms with Gasteiger partial charge in [0.15, 0.2) is 5.78 Å². The number of aryl methyl sites for hydroxylation is 1. The Bertz CT molecular complexity index is 1350. The zero-order valence-electron chi connectivity index (χ0n) is 21.4. The lowest BCUT2D eigenvalue weighted by Gasteiger charge is -2.34. The monoisotopic (exact) mass is 585 g/mol. The Hall–Kier alpha value is -3.40. The molecule has 192 valence electrons. The standard InChI is InChI=1S/C32H29NO3P.BrH/c1-3-29(34)32(25-21-19-24(2)20-22-25)23-30(35)33(31(32)36)37(26-13-7-4-8-14-26,27-15-9-5-10-16-27)28-17-11-6-12-18-28;/h4-22H,3,23H2,1-2H3;1H/q+1;/p-1. The van der Waals surface area contributed by atoms with Gasteiger partial charge in [0.2, 0.25) is 7.41 Å². The van der Waals surface area contributed by atoms with E-state index in [0.29, 0.717) is 5.56 Å². The Morgan fingerprint density at radius 2 is 1.16 bits per heavy atom. The molecule has 1 aliphatic heterocycles. The second-order valence-corrected chi connectivity index (χ2v) is 12.6. The Morgan fingerprint density at radius 1 is 0.737 bits per heavy atom. The van der Waals surface area contributed by atoms with Crippen LogP contribution in [0, 0.1) is 6.92 Å². The van der Waals surface area contributed by atoms with Gasteiger partial charge in [-0.25, -0.2) is 0 Å². The minimum atomic E-state index is -2.99. The van der Waals surface area contributed by atoms with Crippen LogP contribution in [0.5, 0.6) is 0 Å². The minimum Gasteiger partial charge on any atom is -1.00 e. The lowest BCUT2D eigenvalue weighted by molar-refractivity contribution is -0.137. The number of ketones is 1. The number of halogens is 1. The van der Waals surface area contributed by atoms with E-state index in [1.807, 2.05) is 122 Å². The van der Waals surface area contributed by atoms with E-state index >= 15 is 0 Å². The number of nitrogens with zero attached hydrogens (tertiary/aromatic N) is 1. The van der Waals surface area contributed by atoms with Crippen molar-refractivity contribution in [3.8, 4) is 0 Å². The van der Waals surface area contributed by atoms with Gasteiger partial charge in [0, 0.05) is 6.42 Å². The third-order valence-corrected chi connectivity index (χ3v) is 11.4. The molecule has 1 atom stereocenters. The molecule has 38 heavy (non-hydrogen) atoms. The highest BCUT2D eigenvalue weighted by molar-refractivity contribution is 7.94. The molecule has 0 radical (unpaired) electrons. The Balaban J connectivity index is 0.00000336. The van der Waals surface area contributed by atoms with E-state index in [2.05, 4.69) is 0 Å². The summed E-state index contributed by atoms with van der Waals surface area (Å²) < 4.78 is 1.47. The maximum atomic E-state index is 14.8. The molecule has 0 aromatic heterocycles. The number of carbonyl (C=O) groups excluding carboxylic acids is 3. The largest absolute Gasteiger partial charge is 1.00 e. The predicted octanol–water partition coefficient (Wildman–Crippen LogP) is 1.88. The van der Waals surface area contributed by atoms with E-state index in [0.717, 1.165) is 21.5 Å². The van der Waals surface area contributed by atoms with Crippen molar-refractivity contribution in [3.05, 3.63) is 126 Å². The molecule has 5 rings (SSSR count). The number of imide groups is 1. The average Bonchev–Trinajstić information content (AvgIpc) is 3.22. The zero-order chi connectivity index (χ0) is 26.0. The molecule has 0 spiro atoms. The van der Waals surface area contributed by atoms with Crippen LogP contribution in [0.15, 0.2) is 115 Å². The third kappa shape index (κ3) is 4.24. The molecular formula is C32H29BrNO3P. The van der Waals surface area contributed by atoms with Crippen molar-refractivity contribution in [3.63, 3.8) is 0 Å². The first-order valence-corrected chi connectivity index (χ1v) is 14.2. The summed E-state index contributed by atoms with van der Waals surface area (Å²) in [6, 6.07) is 36.8. The third-order valence-electron chi connectivity index (χ3n) is 7.24. The van der Waals surface area contributed by atoms with Crippen LogP contribution < -0.4 is 32.9 Å². The Morgan fingerprint density at radius 3 is 1.55 bits per heavy atom. The van der Waals surface area contributed by atoms with Crippen molar-refractivity contribution in [1.29, 1.82) is 0 Å². The lowest BCUT2D eigenvalue weighted by Crippen LogP contribution is -3.00. The van der Waals surface area contributed by atoms with Crippen molar-refractivity contribution >= 4 is 40.9 Å². The maximum Gasteiger partial charge on any atom is 0.281 e. The van der Waals surface area contributed by atoms with Gasteiger partial charge in [0.25, 0.3) is 11.8 Å². The fraction of sp³-hybridized carbons (Fsp3) is 0.156. The summed E-state index contributed by atoms with van der Waals surface area (Å²) in [5.41, 5.74) is 0.0672. The number of Topliss-reactive ketones (excluding diaryl/α,β-unsaturated/α-hetero) is 1. The molecule has 0 aliphatic carbocycles. The molecule has 0 saturated carbocycles. The van der Waals surface area contributed by atoms with Crippen LogP contribution in [0.4, 0.5) is 0 Å². The van der Waals surface area contributed by atoms with E-state index in [1.54, 1.807) is 6.92 Å². The first-order valence-electron chi connectivity index (χ1n) is 12.5. The van der Waals surface area contributed by atoms with Gasteiger partial charge in [-0.3, -0.25) is 14.4 Å². The lowest BCUT2D eigenvalue weighted by atomic mass is 9.74. The summed E-state index contributed by atoms with van der Waals surface area (Å²) in [6.45, 7) is 3.72. The van der Waals surface area contributed by atoms with Gasteiger partial charge >= 0.3 is 0 Å². The summed E-state index contributed by atoms with van der Waals surface area (Å²) in [6.07, 6.45) is -0.00991. The number of hydrogen-bond acceptors (Lipinski definition) is 3. The van der Waals surface area contributed by atoms with Gasteiger partial charge in [-0.15, -0.1) is 4.67 Å². The van der Waals surface area contributed by atoms with Crippen LogP contribution in [-0.2, 0) is 19.8 Å². The second kappa shape index (κ2) is 11.1. The number of carbonyl (C=O) groups is 3. The number of rotatable bonds is 7. The van der Waals surface area contributed by atoms with Crippen molar-refractivity contribution < 1.29 is 31.4 Å². The molecule has 1 unspecified atom stereocenters. The van der Waals surface area contributed by atoms with Crippen LogP contribution in [0.3, 0.4) is 0 Å². The number of amides is 2. The van der Waals surface area contributed by atoms with Crippen molar-refractivity contribution in [2.24, 2.45) is 0 Å². The van der Waals surface area contributed by atoms with Crippen LogP contribution in [0.25, 0.3) is 0 Å². The highest BCUT2D eigenvalue weighted by atomic mass is 79.9. The zero-order valence-corrected chi connectivity index (χ0v) is 23.9. The molecule has 1 heterocycles. The smallest absolute Gasteiger partial charge is 0.281 e. The summed E-state index contributed by atoms with van der Waals surface area (Å²) in [7, 11) is -2.99. The Labute approximate surface area is 234 Å². The molecule has 1 saturated heterocycles. The van der Waals surface area contributed by atoms with Gasteiger partial charge in [-0.2, -0.15) is 0 Å². The molecule has 6 heteroatoms. The van der Waals surface area contributed by atoms with Gasteiger partial charge in [0.05, 0.1) is 6.42 Å². The molecule has 4 aromatic carbocycles. The predicted molar refractivity (Wildman–Crippen MR) is 150 cm³/mol. The Kier molecular flexibility index (Phi) is 8.10. The van der Waals surface area contributed by atoms with Crippen molar-refractivity contribution in [1.82, 2.24) is 4.67 Å². The summed E-state index contributed by atoms with van der Waals surface area (Å²) in [4.78, 5) is 42.7. The van der Waals surface area contributed by atoms with E-state index in [4.69, 9.17) is 0 Å². The molecule has 4 nitrogen and oxygen atoms in total. The molecular weight excluding hydrogens is 557 g/mol. The molecule has 4 aromatic rings. The molecule has 0 bridgehead atoms. The fourth-order valence-corrected chi connectivity index (χ4v) is 9.69. The summed E-state index contributed by atoms with van der Waals surface area (Å²) in [5, 5.41) is 2.66. The number of hydrogen-bond donors (Lipinski definition) is 0.